The van der Waals surface area contributed by atoms with E-state index in [9.17, 15) is 4.79 Å². The third-order valence-corrected chi connectivity index (χ3v) is 4.86. The summed E-state index contributed by atoms with van der Waals surface area (Å²) in [5.74, 6) is 1.27. The Morgan fingerprint density at radius 3 is 2.75 bits per heavy atom. The molecule has 1 aromatic heterocycles. The number of alkyl carbamates (subject to hydrolysis) is 1. The van der Waals surface area contributed by atoms with E-state index in [-0.39, 0.29) is 42.2 Å². The van der Waals surface area contributed by atoms with Gasteiger partial charge in [0.25, 0.3) is 0 Å². The van der Waals surface area contributed by atoms with Crippen molar-refractivity contribution in [3.8, 4) is 0 Å². The van der Waals surface area contributed by atoms with E-state index in [2.05, 4.69) is 39.3 Å². The van der Waals surface area contributed by atoms with Crippen LogP contribution in [0, 0.1) is 5.92 Å². The van der Waals surface area contributed by atoms with Crippen molar-refractivity contribution in [2.24, 2.45) is 10.9 Å². The van der Waals surface area contributed by atoms with E-state index in [1.807, 2.05) is 13.0 Å². The molecule has 0 bridgehead atoms. The Bertz CT molecular complexity index is 520. The molecule has 0 aliphatic heterocycles. The van der Waals surface area contributed by atoms with Crippen molar-refractivity contribution in [2.75, 3.05) is 20.2 Å². The second kappa shape index (κ2) is 10.8. The van der Waals surface area contributed by atoms with Gasteiger partial charge in [-0.2, -0.15) is 0 Å². The summed E-state index contributed by atoms with van der Waals surface area (Å²) in [7, 11) is 1.75. The molecule has 6 nitrogen and oxygen atoms in total. The van der Waals surface area contributed by atoms with E-state index in [1.165, 1.54) is 4.88 Å². The predicted octanol–water partition coefficient (Wildman–Crippen LogP) is 3.12. The molecule has 0 aromatic carbocycles. The van der Waals surface area contributed by atoms with Gasteiger partial charge in [-0.25, -0.2) is 4.79 Å². The fourth-order valence-corrected chi connectivity index (χ4v) is 3.11. The number of hydrogen-bond acceptors (Lipinski definition) is 4. The van der Waals surface area contributed by atoms with Crippen LogP contribution in [0.2, 0.25) is 0 Å². The highest BCUT2D eigenvalue weighted by Gasteiger charge is 2.32. The van der Waals surface area contributed by atoms with Gasteiger partial charge in [-0.05, 0) is 44.1 Å². The summed E-state index contributed by atoms with van der Waals surface area (Å²) in [6.07, 6.45) is 1.95. The van der Waals surface area contributed by atoms with Crippen LogP contribution >= 0.6 is 35.3 Å². The number of carbonyl (C=O) groups is 1. The molecule has 1 heterocycles. The smallest absolute Gasteiger partial charge is 0.407 e. The van der Waals surface area contributed by atoms with Crippen LogP contribution in [0.25, 0.3) is 0 Å². The van der Waals surface area contributed by atoms with Crippen LogP contribution in [0.3, 0.4) is 0 Å². The molecule has 136 valence electrons. The molecular formula is C16H27IN4O2S. The number of ether oxygens (including phenoxy) is 1. The molecule has 0 radical (unpaired) electrons. The third-order valence-electron chi connectivity index (χ3n) is 3.81. The van der Waals surface area contributed by atoms with Crippen molar-refractivity contribution >= 4 is 47.4 Å². The molecule has 0 saturated heterocycles. The van der Waals surface area contributed by atoms with Gasteiger partial charge in [-0.3, -0.25) is 4.99 Å². The Balaban J connectivity index is 0.00000288. The number of guanidine groups is 1. The zero-order chi connectivity index (χ0) is 16.7. The van der Waals surface area contributed by atoms with Gasteiger partial charge in [0.2, 0.25) is 0 Å². The minimum atomic E-state index is -0.346. The van der Waals surface area contributed by atoms with E-state index in [1.54, 1.807) is 18.4 Å². The van der Waals surface area contributed by atoms with Gasteiger partial charge in [0, 0.05) is 18.5 Å². The summed E-state index contributed by atoms with van der Waals surface area (Å²) >= 11 is 1.72. The van der Waals surface area contributed by atoms with E-state index in [0.717, 1.165) is 18.8 Å². The zero-order valence-corrected chi connectivity index (χ0v) is 17.5. The van der Waals surface area contributed by atoms with Gasteiger partial charge in [0.15, 0.2) is 5.96 Å². The normalized spacial score (nSPS) is 16.5. The lowest BCUT2D eigenvalue weighted by Crippen LogP contribution is -2.48. The number of carbonyl (C=O) groups excluding carboxylic acids is 1. The highest BCUT2D eigenvalue weighted by molar-refractivity contribution is 14.0. The van der Waals surface area contributed by atoms with Crippen molar-refractivity contribution in [1.82, 2.24) is 16.0 Å². The molecule has 2 atom stereocenters. The second-order valence-corrected chi connectivity index (χ2v) is 6.62. The van der Waals surface area contributed by atoms with E-state index in [4.69, 9.17) is 4.74 Å². The minimum Gasteiger partial charge on any atom is -0.450 e. The quantitative estimate of drug-likeness (QED) is 0.328. The number of aliphatic imine (C=N–C) groups is 1. The van der Waals surface area contributed by atoms with Crippen LogP contribution in [-0.2, 0) is 4.74 Å². The van der Waals surface area contributed by atoms with E-state index < -0.39 is 0 Å². The lowest BCUT2D eigenvalue weighted by molar-refractivity contribution is 0.146. The van der Waals surface area contributed by atoms with Crippen LogP contribution < -0.4 is 16.0 Å². The highest BCUT2D eigenvalue weighted by atomic mass is 127. The zero-order valence-electron chi connectivity index (χ0n) is 14.4. The maximum atomic E-state index is 11.6. The van der Waals surface area contributed by atoms with Crippen LogP contribution in [0.4, 0.5) is 4.79 Å². The first-order valence-electron chi connectivity index (χ1n) is 8.08. The van der Waals surface area contributed by atoms with E-state index >= 15 is 0 Å². The molecule has 2 unspecified atom stereocenters. The average molecular weight is 466 g/mol. The largest absolute Gasteiger partial charge is 0.450 e. The number of amides is 1. The lowest BCUT2D eigenvalue weighted by atomic mass is 10.2. The van der Waals surface area contributed by atoms with Crippen LogP contribution in [0.15, 0.2) is 22.5 Å². The van der Waals surface area contributed by atoms with Crippen LogP contribution in [0.5, 0.6) is 0 Å². The van der Waals surface area contributed by atoms with Gasteiger partial charge < -0.3 is 20.7 Å². The summed E-state index contributed by atoms with van der Waals surface area (Å²) in [5.41, 5.74) is 0. The Hall–Kier alpha value is -1.03. The van der Waals surface area contributed by atoms with Crippen LogP contribution in [-0.4, -0.2) is 38.3 Å². The fourth-order valence-electron chi connectivity index (χ4n) is 2.37. The predicted molar refractivity (Wildman–Crippen MR) is 109 cm³/mol. The molecule has 1 saturated carbocycles. The van der Waals surface area contributed by atoms with Gasteiger partial charge in [0.05, 0.1) is 18.7 Å². The molecule has 8 heteroatoms. The highest BCUT2D eigenvalue weighted by Crippen LogP contribution is 2.32. The summed E-state index contributed by atoms with van der Waals surface area (Å²) in [6.45, 7) is 4.94. The van der Waals surface area contributed by atoms with Crippen molar-refractivity contribution in [3.05, 3.63) is 22.4 Å². The van der Waals surface area contributed by atoms with Gasteiger partial charge in [0.1, 0.15) is 0 Å². The van der Waals surface area contributed by atoms with Crippen molar-refractivity contribution in [1.29, 1.82) is 0 Å². The minimum absolute atomic E-state index is 0. The average Bonchev–Trinajstić information content (AvgIpc) is 3.23. The number of rotatable bonds is 7. The first kappa shape index (κ1) is 21.0. The molecule has 1 aromatic rings. The summed E-state index contributed by atoms with van der Waals surface area (Å²) < 4.78 is 4.97. The maximum absolute atomic E-state index is 11.6. The van der Waals surface area contributed by atoms with Crippen molar-refractivity contribution in [3.63, 3.8) is 0 Å². The van der Waals surface area contributed by atoms with Gasteiger partial charge in [-0.1, -0.05) is 6.07 Å². The number of thiophene rings is 1. The third kappa shape index (κ3) is 6.84. The number of nitrogens with zero attached hydrogens (tertiary/aromatic N) is 1. The molecule has 3 N–H and O–H groups in total. The number of halogens is 1. The lowest BCUT2D eigenvalue weighted by Gasteiger charge is -2.22. The summed E-state index contributed by atoms with van der Waals surface area (Å²) in [5, 5.41) is 11.7. The molecule has 24 heavy (non-hydrogen) atoms. The maximum Gasteiger partial charge on any atom is 0.407 e. The first-order chi connectivity index (χ1) is 11.1. The summed E-state index contributed by atoms with van der Waals surface area (Å²) in [6, 6.07) is 4.41. The fraction of sp³-hybridized carbons (Fsp3) is 0.625. The Kier molecular flexibility index (Phi) is 9.42. The van der Waals surface area contributed by atoms with E-state index in [0.29, 0.717) is 19.1 Å². The molecule has 1 fully saturated rings. The Morgan fingerprint density at radius 1 is 1.46 bits per heavy atom. The van der Waals surface area contributed by atoms with Gasteiger partial charge >= 0.3 is 6.09 Å². The Labute approximate surface area is 164 Å². The molecule has 2 rings (SSSR count). The summed E-state index contributed by atoms with van der Waals surface area (Å²) in [4.78, 5) is 17.1. The second-order valence-electron chi connectivity index (χ2n) is 5.64. The first-order valence-corrected chi connectivity index (χ1v) is 8.95. The molecular weight excluding hydrogens is 439 g/mol. The van der Waals surface area contributed by atoms with Crippen molar-refractivity contribution < 1.29 is 9.53 Å². The SMILES string of the molecule is CCOC(=O)NC(CNC(=NC)NC(C)c1cccs1)C1CC1.I. The number of hydrogen-bond donors (Lipinski definition) is 3. The molecule has 0 spiro atoms. The molecule has 1 aliphatic carbocycles. The van der Waals surface area contributed by atoms with Gasteiger partial charge in [-0.15, -0.1) is 35.3 Å². The topological polar surface area (TPSA) is 74.8 Å². The molecule has 1 aliphatic rings. The standard InChI is InChI=1S/C16H26N4O2S.HI/c1-4-22-16(21)20-13(12-7-8-12)10-18-15(17-3)19-11(2)14-6-5-9-23-14;/h5-6,9,11-13H,4,7-8,10H2,1-3H3,(H,20,21)(H2,17,18,19);1H. The number of nitrogens with one attached hydrogen (secondary N) is 3. The van der Waals surface area contributed by atoms with Crippen molar-refractivity contribution in [2.45, 2.75) is 38.8 Å². The van der Waals surface area contributed by atoms with Crippen LogP contribution in [0.1, 0.15) is 37.6 Å². The monoisotopic (exact) mass is 466 g/mol. The molecule has 1 amide bonds. The Morgan fingerprint density at radius 2 is 2.21 bits per heavy atom.